The van der Waals surface area contributed by atoms with Crippen molar-refractivity contribution >= 4 is 10.4 Å². The Morgan fingerprint density at radius 1 is 1.62 bits per heavy atom. The summed E-state index contributed by atoms with van der Waals surface area (Å²) in [5.41, 5.74) is 0. The first-order valence-electron chi connectivity index (χ1n) is 1.11. The van der Waals surface area contributed by atoms with E-state index in [1.165, 1.54) is 0 Å². The monoisotopic (exact) mass is 186 g/mol. The number of rotatable bonds is 1. The SMILES string of the molecule is N#COS(=O)(=O)O.[Cu]. The Bertz CT molecular complexity index is 177. The van der Waals surface area contributed by atoms with Crippen molar-refractivity contribution in [2.45, 2.75) is 0 Å². The Morgan fingerprint density at radius 3 is 2.00 bits per heavy atom. The van der Waals surface area contributed by atoms with Gasteiger partial charge in [-0.2, -0.15) is 8.42 Å². The summed E-state index contributed by atoms with van der Waals surface area (Å²) in [6.45, 7) is 0. The summed E-state index contributed by atoms with van der Waals surface area (Å²) >= 11 is 0. The van der Waals surface area contributed by atoms with Gasteiger partial charge in [0.1, 0.15) is 0 Å². The van der Waals surface area contributed by atoms with Gasteiger partial charge in [0.25, 0.3) is 0 Å². The maximum Gasteiger partial charge on any atom is 0.456 e. The molecule has 0 amide bonds. The molecule has 0 bridgehead atoms. The van der Waals surface area contributed by atoms with Crippen LogP contribution in [0, 0.1) is 11.5 Å². The number of nitrogens with zero attached hydrogens (tertiary/aromatic N) is 1. The van der Waals surface area contributed by atoms with Gasteiger partial charge in [-0.25, -0.2) is 0 Å². The van der Waals surface area contributed by atoms with Crippen molar-refractivity contribution in [2.24, 2.45) is 0 Å². The van der Waals surface area contributed by atoms with E-state index < -0.39 is 10.4 Å². The van der Waals surface area contributed by atoms with E-state index in [-0.39, 0.29) is 17.1 Å². The van der Waals surface area contributed by atoms with Gasteiger partial charge < -0.3 is 0 Å². The molecule has 0 aromatic carbocycles. The van der Waals surface area contributed by atoms with Crippen molar-refractivity contribution in [1.82, 2.24) is 0 Å². The van der Waals surface area contributed by atoms with Gasteiger partial charge in [0.05, 0.1) is 0 Å². The van der Waals surface area contributed by atoms with Crippen LogP contribution in [0.3, 0.4) is 0 Å². The topological polar surface area (TPSA) is 87.4 Å². The van der Waals surface area contributed by atoms with Gasteiger partial charge in [0.15, 0.2) is 0 Å². The Kier molecular flexibility index (Phi) is 4.91. The third-order valence-corrected chi connectivity index (χ3v) is 0.428. The average Bonchev–Trinajstić information content (AvgIpc) is 1.30. The van der Waals surface area contributed by atoms with Gasteiger partial charge in [0, 0.05) is 17.1 Å². The molecule has 0 aliphatic rings. The van der Waals surface area contributed by atoms with E-state index in [0.29, 0.717) is 0 Å². The van der Waals surface area contributed by atoms with Gasteiger partial charge in [-0.05, 0) is 0 Å². The maximum absolute atomic E-state index is 9.34. The van der Waals surface area contributed by atoms with Crippen LogP contribution in [0.2, 0.25) is 0 Å². The maximum atomic E-state index is 9.34. The first kappa shape index (κ1) is 10.7. The van der Waals surface area contributed by atoms with Crippen LogP contribution in [-0.4, -0.2) is 13.0 Å². The van der Waals surface area contributed by atoms with Crippen molar-refractivity contribution in [3.8, 4) is 6.26 Å². The quantitative estimate of drug-likeness (QED) is 0.332. The Morgan fingerprint density at radius 2 is 2.00 bits per heavy atom. The van der Waals surface area contributed by atoms with Crippen LogP contribution >= 0.6 is 0 Å². The van der Waals surface area contributed by atoms with Crippen LogP contribution in [-0.2, 0) is 31.7 Å². The third kappa shape index (κ3) is 9.21. The zero-order valence-electron chi connectivity index (χ0n) is 3.33. The average molecular weight is 187 g/mol. The predicted octanol–water partition coefficient (Wildman–Crippen LogP) is -0.716. The summed E-state index contributed by atoms with van der Waals surface area (Å²) in [5, 5.41) is 7.39. The fourth-order valence-corrected chi connectivity index (χ4v) is 0.141. The van der Waals surface area contributed by atoms with E-state index in [2.05, 4.69) is 4.18 Å². The van der Waals surface area contributed by atoms with E-state index in [0.717, 1.165) is 6.26 Å². The molecule has 1 radical (unpaired) electrons. The van der Waals surface area contributed by atoms with E-state index in [1.54, 1.807) is 0 Å². The van der Waals surface area contributed by atoms with Gasteiger partial charge in [0.2, 0.25) is 0 Å². The van der Waals surface area contributed by atoms with Crippen molar-refractivity contribution in [2.75, 3.05) is 0 Å². The first-order valence-corrected chi connectivity index (χ1v) is 2.48. The summed E-state index contributed by atoms with van der Waals surface area (Å²) < 4.78 is 29.3. The van der Waals surface area contributed by atoms with Crippen molar-refractivity contribution in [3.05, 3.63) is 0 Å². The molecule has 51 valence electrons. The molecule has 0 heterocycles. The van der Waals surface area contributed by atoms with Gasteiger partial charge in [-0.15, -0.1) is 5.26 Å². The molecule has 7 heteroatoms. The van der Waals surface area contributed by atoms with E-state index in [1.807, 2.05) is 0 Å². The normalized spacial score (nSPS) is 8.50. The van der Waals surface area contributed by atoms with E-state index in [9.17, 15) is 8.42 Å². The molecule has 0 atom stereocenters. The van der Waals surface area contributed by atoms with Crippen molar-refractivity contribution in [1.29, 1.82) is 5.26 Å². The fourth-order valence-electron chi connectivity index (χ4n) is 0.0471. The second kappa shape index (κ2) is 3.69. The molecule has 0 aromatic rings. The smallest absolute Gasteiger partial charge is 0.281 e. The summed E-state index contributed by atoms with van der Waals surface area (Å²) in [7, 11) is -4.54. The molecule has 0 spiro atoms. The molecule has 0 saturated heterocycles. The van der Waals surface area contributed by atoms with Crippen LogP contribution in [0.5, 0.6) is 0 Å². The van der Waals surface area contributed by atoms with Crippen LogP contribution in [0.25, 0.3) is 0 Å². The number of hydrogen-bond donors (Lipinski definition) is 1. The van der Waals surface area contributed by atoms with Crippen molar-refractivity contribution in [3.63, 3.8) is 0 Å². The number of hydrogen-bond acceptors (Lipinski definition) is 4. The Labute approximate surface area is 56.7 Å². The molecule has 5 nitrogen and oxygen atoms in total. The molecule has 0 aliphatic carbocycles. The van der Waals surface area contributed by atoms with Gasteiger partial charge in [-0.3, -0.25) is 8.74 Å². The minimum Gasteiger partial charge on any atom is -0.281 e. The standard InChI is InChI=1S/CHNO4S.Cu/c2-1-6-7(3,4)5;/h(H,3,4,5);. The second-order valence-electron chi connectivity index (χ2n) is 0.602. The zero-order chi connectivity index (χ0) is 5.91. The number of nitriles is 1. The molecule has 0 aromatic heterocycles. The third-order valence-electron chi connectivity index (χ3n) is 0.143. The molecule has 0 saturated carbocycles. The van der Waals surface area contributed by atoms with Crippen LogP contribution in [0.15, 0.2) is 0 Å². The van der Waals surface area contributed by atoms with Crippen molar-refractivity contribution < 1.29 is 34.2 Å². The molecule has 0 unspecified atom stereocenters. The molecule has 0 aliphatic heterocycles. The molecular weight excluding hydrogens is 186 g/mol. The summed E-state index contributed by atoms with van der Waals surface area (Å²) in [5.74, 6) is 0. The summed E-state index contributed by atoms with van der Waals surface area (Å²) in [4.78, 5) is 0. The largest absolute Gasteiger partial charge is 0.456 e. The molecule has 8 heavy (non-hydrogen) atoms. The Balaban J connectivity index is 0. The predicted molar refractivity (Wildman–Crippen MR) is 18.2 cm³/mol. The minimum atomic E-state index is -4.54. The molecule has 1 N–H and O–H groups in total. The van der Waals surface area contributed by atoms with Gasteiger partial charge in [-0.1, -0.05) is 0 Å². The molecule has 0 rings (SSSR count). The summed E-state index contributed by atoms with van der Waals surface area (Å²) in [6.07, 6.45) is 0.770. The minimum absolute atomic E-state index is 0. The van der Waals surface area contributed by atoms with Crippen LogP contribution in [0.4, 0.5) is 0 Å². The van der Waals surface area contributed by atoms with Gasteiger partial charge >= 0.3 is 16.7 Å². The zero-order valence-corrected chi connectivity index (χ0v) is 5.09. The molecule has 0 fully saturated rings. The fraction of sp³-hybridized carbons (Fsp3) is 0. The first-order chi connectivity index (χ1) is 3.06. The molecular formula is CHCuNO4S. The van der Waals surface area contributed by atoms with E-state index >= 15 is 0 Å². The Hall–Kier alpha value is -0.281. The van der Waals surface area contributed by atoms with Crippen LogP contribution in [0.1, 0.15) is 0 Å². The summed E-state index contributed by atoms with van der Waals surface area (Å²) in [6, 6.07) is 0. The second-order valence-corrected chi connectivity index (χ2v) is 1.62. The van der Waals surface area contributed by atoms with Crippen LogP contribution < -0.4 is 0 Å². The van der Waals surface area contributed by atoms with E-state index in [4.69, 9.17) is 9.81 Å².